The Balaban J connectivity index is 1.71. The Morgan fingerprint density at radius 2 is 2.00 bits per heavy atom. The Morgan fingerprint density at radius 3 is 2.63 bits per heavy atom. The van der Waals surface area contributed by atoms with Crippen molar-refractivity contribution >= 4 is 17.1 Å². The first-order valence-electron chi connectivity index (χ1n) is 8.11. The summed E-state index contributed by atoms with van der Waals surface area (Å²) < 4.78 is 10.6. The minimum atomic E-state index is -1.58. The summed E-state index contributed by atoms with van der Waals surface area (Å²) in [6.07, 6.45) is -7.09. The summed E-state index contributed by atoms with van der Waals surface area (Å²) in [6.45, 7) is -0.583. The van der Waals surface area contributed by atoms with E-state index in [0.717, 1.165) is 0 Å². The van der Waals surface area contributed by atoms with Gasteiger partial charge < -0.3 is 35.0 Å². The number of thiazole rings is 1. The molecule has 1 aromatic heterocycles. The Kier molecular flexibility index (Phi) is 6.05. The molecule has 0 aliphatic carbocycles. The van der Waals surface area contributed by atoms with E-state index in [4.69, 9.17) is 9.47 Å². The van der Waals surface area contributed by atoms with Gasteiger partial charge in [-0.3, -0.25) is 4.79 Å². The first kappa shape index (κ1) is 19.7. The fraction of sp³-hybridized carbons (Fsp3) is 0.412. The van der Waals surface area contributed by atoms with Gasteiger partial charge >= 0.3 is 0 Å². The molecule has 5 N–H and O–H groups in total. The number of aromatic hydroxyl groups is 1. The molecule has 146 valence electrons. The van der Waals surface area contributed by atoms with Crippen LogP contribution in [0.2, 0.25) is 0 Å². The predicted molar refractivity (Wildman–Crippen MR) is 92.7 cm³/mol. The number of rotatable bonds is 6. The maximum atomic E-state index is 12.3. The number of ketones is 1. The van der Waals surface area contributed by atoms with Gasteiger partial charge in [0.15, 0.2) is 5.78 Å². The number of carbonyl (C=O) groups excluding carboxylic acids is 1. The second-order valence-corrected chi connectivity index (χ2v) is 6.79. The fourth-order valence-electron chi connectivity index (χ4n) is 2.70. The number of aliphatic hydroxyl groups is 4. The number of aromatic nitrogens is 1. The van der Waals surface area contributed by atoms with Crippen LogP contribution in [0.15, 0.2) is 29.1 Å². The zero-order valence-corrected chi connectivity index (χ0v) is 14.8. The molecule has 0 saturated carbocycles. The molecular formula is C17H19NO8S. The van der Waals surface area contributed by atoms with Gasteiger partial charge in [0.2, 0.25) is 6.29 Å². The summed E-state index contributed by atoms with van der Waals surface area (Å²) >= 11 is 1.37. The molecule has 2 heterocycles. The lowest BCUT2D eigenvalue weighted by Crippen LogP contribution is -2.60. The Hall–Kier alpha value is -2.08. The van der Waals surface area contributed by atoms with Crippen LogP contribution in [0.25, 0.3) is 0 Å². The highest BCUT2D eigenvalue weighted by atomic mass is 32.1. The minimum Gasteiger partial charge on any atom is -0.507 e. The Bertz CT molecular complexity index is 781. The molecule has 0 bridgehead atoms. The van der Waals surface area contributed by atoms with Crippen molar-refractivity contribution in [3.8, 4) is 11.5 Å². The molecule has 5 atom stereocenters. The van der Waals surface area contributed by atoms with Gasteiger partial charge in [-0.05, 0) is 12.1 Å². The van der Waals surface area contributed by atoms with Crippen LogP contribution >= 0.6 is 11.3 Å². The average Bonchev–Trinajstić information content (AvgIpc) is 3.15. The van der Waals surface area contributed by atoms with E-state index in [1.54, 1.807) is 10.9 Å². The molecule has 2 aromatic rings. The summed E-state index contributed by atoms with van der Waals surface area (Å²) in [4.78, 5) is 16.3. The van der Waals surface area contributed by atoms with Crippen molar-refractivity contribution in [1.29, 1.82) is 0 Å². The van der Waals surface area contributed by atoms with E-state index in [9.17, 15) is 30.3 Å². The third-order valence-corrected chi connectivity index (χ3v) is 4.83. The number of carbonyl (C=O) groups is 1. The number of phenols is 1. The summed E-state index contributed by atoms with van der Waals surface area (Å²) in [5.74, 6) is -0.572. The van der Waals surface area contributed by atoms with Crippen molar-refractivity contribution in [3.63, 3.8) is 0 Å². The number of aliphatic hydroxyl groups excluding tert-OH is 4. The van der Waals surface area contributed by atoms with E-state index in [-0.39, 0.29) is 29.3 Å². The van der Waals surface area contributed by atoms with Crippen molar-refractivity contribution in [2.75, 3.05) is 6.61 Å². The third-order valence-electron chi connectivity index (χ3n) is 4.20. The Labute approximate surface area is 158 Å². The van der Waals surface area contributed by atoms with Gasteiger partial charge in [0, 0.05) is 11.4 Å². The van der Waals surface area contributed by atoms with E-state index in [0.29, 0.717) is 5.69 Å². The summed E-state index contributed by atoms with van der Waals surface area (Å²) in [5, 5.41) is 50.5. The second-order valence-electron chi connectivity index (χ2n) is 6.07. The van der Waals surface area contributed by atoms with Gasteiger partial charge in [-0.25, -0.2) is 4.98 Å². The van der Waals surface area contributed by atoms with Crippen molar-refractivity contribution in [2.24, 2.45) is 0 Å². The van der Waals surface area contributed by atoms with Crippen molar-refractivity contribution in [1.82, 2.24) is 4.98 Å². The first-order chi connectivity index (χ1) is 12.9. The van der Waals surface area contributed by atoms with Crippen LogP contribution in [0.3, 0.4) is 0 Å². The van der Waals surface area contributed by atoms with Gasteiger partial charge in [0.1, 0.15) is 35.9 Å². The number of Topliss-reactive ketones (excluding diaryl/α,β-unsaturated/α-hetero) is 1. The van der Waals surface area contributed by atoms with Crippen LogP contribution in [0, 0.1) is 0 Å². The van der Waals surface area contributed by atoms with Gasteiger partial charge in [0.05, 0.1) is 29.8 Å². The smallest absolute Gasteiger partial charge is 0.229 e. The molecule has 1 aromatic carbocycles. The number of benzene rings is 1. The highest BCUT2D eigenvalue weighted by molar-refractivity contribution is 7.07. The average molecular weight is 397 g/mol. The molecule has 3 rings (SSSR count). The number of ether oxygens (including phenoxy) is 2. The standard InChI is InChI=1S/C17H19NO8S/c19-5-13-14(22)15(23)16(24)17(26-13)25-9-1-2-10(12(21)4-9)11(20)3-8-6-27-7-18-8/h1-2,4,6-7,13-17,19,21-24H,3,5H2/t13-,14+,15+,16-,17-/m0/s1. The van der Waals surface area contributed by atoms with Gasteiger partial charge in [-0.1, -0.05) is 0 Å². The molecule has 10 heteroatoms. The van der Waals surface area contributed by atoms with Crippen LogP contribution in [-0.4, -0.2) is 73.6 Å². The lowest BCUT2D eigenvalue weighted by Gasteiger charge is -2.39. The molecule has 27 heavy (non-hydrogen) atoms. The number of hydrogen-bond acceptors (Lipinski definition) is 10. The van der Waals surface area contributed by atoms with Crippen molar-refractivity contribution < 1.29 is 39.8 Å². The third kappa shape index (κ3) is 4.26. The van der Waals surface area contributed by atoms with E-state index < -0.39 is 37.3 Å². The maximum Gasteiger partial charge on any atom is 0.229 e. The predicted octanol–water partition coefficient (Wildman–Crippen LogP) is -0.547. The SMILES string of the molecule is O=C(Cc1cscn1)c1ccc(O[C@H]2O[C@@H](CO)[C@@H](O)[C@@H](O)[C@@H]2O)cc1O. The fourth-order valence-corrected chi connectivity index (χ4v) is 3.26. The highest BCUT2D eigenvalue weighted by Crippen LogP contribution is 2.29. The molecule has 0 spiro atoms. The summed E-state index contributed by atoms with van der Waals surface area (Å²) in [7, 11) is 0. The molecule has 0 radical (unpaired) electrons. The van der Waals surface area contributed by atoms with Crippen LogP contribution in [0.4, 0.5) is 0 Å². The highest BCUT2D eigenvalue weighted by Gasteiger charge is 2.44. The second kappa shape index (κ2) is 8.30. The largest absolute Gasteiger partial charge is 0.507 e. The molecule has 1 aliphatic heterocycles. The number of hydrogen-bond donors (Lipinski definition) is 5. The molecule has 0 unspecified atom stereocenters. The molecule has 0 amide bonds. The van der Waals surface area contributed by atoms with Gasteiger partial charge in [-0.2, -0.15) is 0 Å². The van der Waals surface area contributed by atoms with Gasteiger partial charge in [-0.15, -0.1) is 11.3 Å². The lowest BCUT2D eigenvalue weighted by molar-refractivity contribution is -0.277. The van der Waals surface area contributed by atoms with Crippen LogP contribution in [-0.2, 0) is 11.2 Å². The normalized spacial score (nSPS) is 28.1. The van der Waals surface area contributed by atoms with Crippen LogP contribution in [0.5, 0.6) is 11.5 Å². The summed E-state index contributed by atoms with van der Waals surface area (Å²) in [5.41, 5.74) is 2.30. The zero-order chi connectivity index (χ0) is 19.6. The van der Waals surface area contributed by atoms with Crippen molar-refractivity contribution in [3.05, 3.63) is 40.3 Å². The molecule has 1 fully saturated rings. The van der Waals surface area contributed by atoms with Gasteiger partial charge in [0.25, 0.3) is 0 Å². The lowest BCUT2D eigenvalue weighted by atomic mass is 9.99. The van der Waals surface area contributed by atoms with Crippen LogP contribution < -0.4 is 4.74 Å². The van der Waals surface area contributed by atoms with E-state index in [1.165, 1.54) is 29.5 Å². The first-order valence-corrected chi connectivity index (χ1v) is 9.05. The molecule has 9 nitrogen and oxygen atoms in total. The van der Waals surface area contributed by atoms with Crippen molar-refractivity contribution in [2.45, 2.75) is 37.1 Å². The van der Waals surface area contributed by atoms with E-state index in [2.05, 4.69) is 4.98 Å². The topological polar surface area (TPSA) is 150 Å². The zero-order valence-electron chi connectivity index (χ0n) is 14.0. The minimum absolute atomic E-state index is 0.0456. The number of phenolic OH excluding ortho intramolecular Hbond substituents is 1. The quantitative estimate of drug-likeness (QED) is 0.405. The van der Waals surface area contributed by atoms with E-state index in [1.807, 2.05) is 0 Å². The molecule has 1 saturated heterocycles. The molecular weight excluding hydrogens is 378 g/mol. The van der Waals surface area contributed by atoms with Crippen LogP contribution in [0.1, 0.15) is 16.1 Å². The Morgan fingerprint density at radius 1 is 1.22 bits per heavy atom. The molecule has 1 aliphatic rings. The summed E-state index contributed by atoms with van der Waals surface area (Å²) in [6, 6.07) is 3.94. The maximum absolute atomic E-state index is 12.3. The van der Waals surface area contributed by atoms with E-state index >= 15 is 0 Å². The monoisotopic (exact) mass is 397 g/mol. The number of nitrogens with zero attached hydrogens (tertiary/aromatic N) is 1.